The largest absolute Gasteiger partial charge is 0.480 e. The zero-order chi connectivity index (χ0) is 14.3. The average molecular weight is 287 g/mol. The van der Waals surface area contributed by atoms with Crippen molar-refractivity contribution in [2.75, 3.05) is 5.73 Å². The Balaban J connectivity index is 2.36. The van der Waals surface area contributed by atoms with Gasteiger partial charge in [0.15, 0.2) is 5.82 Å². The Morgan fingerprint density at radius 2 is 2.20 bits per heavy atom. The van der Waals surface area contributed by atoms with E-state index in [-0.39, 0.29) is 0 Å². The Labute approximate surface area is 119 Å². The summed E-state index contributed by atoms with van der Waals surface area (Å²) < 4.78 is 1.72. The molecule has 1 atom stereocenters. The first-order valence-corrected chi connectivity index (χ1v) is 7.00. The number of benzene rings is 1. The number of nitrogens with zero attached hydrogens (tertiary/aromatic N) is 2. The van der Waals surface area contributed by atoms with Gasteiger partial charge in [0, 0.05) is 0 Å². The molecule has 0 saturated heterocycles. The zero-order valence-corrected chi connectivity index (χ0v) is 11.6. The standard InChI is InChI=1S/C14H13N3O2S/c1-8(14(18)19)17-10-5-2-4-9(15)12(10)16-13(17)11-6-3-7-20-11/h2-8H,15H2,1H3,(H,18,19). The van der Waals surface area contributed by atoms with Gasteiger partial charge < -0.3 is 15.4 Å². The molecule has 2 heterocycles. The van der Waals surface area contributed by atoms with Crippen LogP contribution in [0.4, 0.5) is 5.69 Å². The number of aromatic nitrogens is 2. The van der Waals surface area contributed by atoms with E-state index in [1.165, 1.54) is 11.3 Å². The number of aliphatic carboxylic acids is 1. The minimum atomic E-state index is -0.899. The lowest BCUT2D eigenvalue weighted by Gasteiger charge is -2.12. The molecule has 3 rings (SSSR count). The van der Waals surface area contributed by atoms with Crippen LogP contribution in [0.1, 0.15) is 13.0 Å². The summed E-state index contributed by atoms with van der Waals surface area (Å²) in [5, 5.41) is 11.3. The molecule has 0 spiro atoms. The number of anilines is 1. The van der Waals surface area contributed by atoms with E-state index in [0.29, 0.717) is 17.0 Å². The molecule has 0 saturated carbocycles. The van der Waals surface area contributed by atoms with Gasteiger partial charge >= 0.3 is 5.97 Å². The van der Waals surface area contributed by atoms with Crippen molar-refractivity contribution in [2.24, 2.45) is 0 Å². The molecule has 0 radical (unpaired) electrons. The smallest absolute Gasteiger partial charge is 0.326 e. The number of hydrogen-bond donors (Lipinski definition) is 2. The van der Waals surface area contributed by atoms with E-state index in [4.69, 9.17) is 5.73 Å². The van der Waals surface area contributed by atoms with Crippen molar-refractivity contribution in [3.05, 3.63) is 35.7 Å². The van der Waals surface area contributed by atoms with Gasteiger partial charge in [-0.1, -0.05) is 12.1 Å². The molecule has 0 aliphatic heterocycles. The molecule has 2 aromatic heterocycles. The number of carbonyl (C=O) groups is 1. The summed E-state index contributed by atoms with van der Waals surface area (Å²) in [5.74, 6) is -0.257. The van der Waals surface area contributed by atoms with Crippen molar-refractivity contribution < 1.29 is 9.90 Å². The van der Waals surface area contributed by atoms with Crippen LogP contribution in [0.5, 0.6) is 0 Å². The van der Waals surface area contributed by atoms with E-state index in [9.17, 15) is 9.90 Å². The van der Waals surface area contributed by atoms with E-state index in [1.807, 2.05) is 29.6 Å². The van der Waals surface area contributed by atoms with Crippen LogP contribution in [-0.2, 0) is 4.79 Å². The second kappa shape index (κ2) is 4.64. The summed E-state index contributed by atoms with van der Waals surface area (Å²) in [6.07, 6.45) is 0. The number of nitrogen functional groups attached to an aromatic ring is 1. The Bertz CT molecular complexity index is 777. The third kappa shape index (κ3) is 1.85. The Kier molecular flexibility index (Phi) is 2.94. The van der Waals surface area contributed by atoms with Gasteiger partial charge in [0.1, 0.15) is 11.6 Å². The minimum Gasteiger partial charge on any atom is -0.480 e. The number of carboxylic acids is 1. The van der Waals surface area contributed by atoms with E-state index in [2.05, 4.69) is 4.98 Å². The number of carboxylic acid groups (broad SMARTS) is 1. The molecule has 102 valence electrons. The SMILES string of the molecule is CC(C(=O)O)n1c(-c2cccs2)nc2c(N)cccc21. The monoisotopic (exact) mass is 287 g/mol. The molecule has 0 aliphatic rings. The molecule has 1 aromatic carbocycles. The van der Waals surface area contributed by atoms with Crippen LogP contribution in [0.2, 0.25) is 0 Å². The molecule has 3 N–H and O–H groups in total. The Morgan fingerprint density at radius 3 is 2.85 bits per heavy atom. The van der Waals surface area contributed by atoms with Crippen LogP contribution < -0.4 is 5.73 Å². The first-order chi connectivity index (χ1) is 9.59. The predicted octanol–water partition coefficient (Wildman–Crippen LogP) is 2.99. The molecular weight excluding hydrogens is 274 g/mol. The highest BCUT2D eigenvalue weighted by Crippen LogP contribution is 2.33. The van der Waals surface area contributed by atoms with E-state index < -0.39 is 12.0 Å². The van der Waals surface area contributed by atoms with Gasteiger partial charge in [0.05, 0.1) is 16.1 Å². The van der Waals surface area contributed by atoms with Crippen LogP contribution >= 0.6 is 11.3 Å². The van der Waals surface area contributed by atoms with Crippen LogP contribution in [-0.4, -0.2) is 20.6 Å². The van der Waals surface area contributed by atoms with Gasteiger partial charge in [-0.25, -0.2) is 9.78 Å². The third-order valence-corrected chi connectivity index (χ3v) is 4.10. The zero-order valence-electron chi connectivity index (χ0n) is 10.8. The summed E-state index contributed by atoms with van der Waals surface area (Å²) >= 11 is 1.52. The number of imidazole rings is 1. The van der Waals surface area contributed by atoms with Gasteiger partial charge in [-0.05, 0) is 30.5 Å². The van der Waals surface area contributed by atoms with E-state index >= 15 is 0 Å². The summed E-state index contributed by atoms with van der Waals surface area (Å²) in [4.78, 5) is 16.8. The van der Waals surface area contributed by atoms with Gasteiger partial charge in [-0.15, -0.1) is 11.3 Å². The maximum atomic E-state index is 11.4. The first kappa shape index (κ1) is 12.7. The summed E-state index contributed by atoms with van der Waals surface area (Å²) in [7, 11) is 0. The highest BCUT2D eigenvalue weighted by molar-refractivity contribution is 7.13. The van der Waals surface area contributed by atoms with Crippen LogP contribution in [0.15, 0.2) is 35.7 Å². The second-order valence-corrected chi connectivity index (χ2v) is 5.46. The van der Waals surface area contributed by atoms with Gasteiger partial charge in [0.2, 0.25) is 0 Å². The highest BCUT2D eigenvalue weighted by Gasteiger charge is 2.22. The first-order valence-electron chi connectivity index (χ1n) is 6.12. The van der Waals surface area contributed by atoms with E-state index in [1.54, 1.807) is 17.6 Å². The van der Waals surface area contributed by atoms with Gasteiger partial charge in [-0.2, -0.15) is 0 Å². The van der Waals surface area contributed by atoms with Gasteiger partial charge in [0.25, 0.3) is 0 Å². The molecule has 5 nitrogen and oxygen atoms in total. The quantitative estimate of drug-likeness (QED) is 0.726. The van der Waals surface area contributed by atoms with Crippen LogP contribution in [0.3, 0.4) is 0 Å². The topological polar surface area (TPSA) is 81.1 Å². The van der Waals surface area contributed by atoms with Crippen LogP contribution in [0, 0.1) is 0 Å². The van der Waals surface area contributed by atoms with Crippen molar-refractivity contribution in [2.45, 2.75) is 13.0 Å². The average Bonchev–Trinajstić information content (AvgIpc) is 3.05. The molecule has 0 bridgehead atoms. The number of hydrogen-bond acceptors (Lipinski definition) is 4. The Morgan fingerprint density at radius 1 is 1.40 bits per heavy atom. The van der Waals surface area contributed by atoms with Crippen molar-refractivity contribution in [1.29, 1.82) is 0 Å². The maximum Gasteiger partial charge on any atom is 0.326 e. The van der Waals surface area contributed by atoms with Crippen LogP contribution in [0.25, 0.3) is 21.7 Å². The molecule has 3 aromatic rings. The Hall–Kier alpha value is -2.34. The van der Waals surface area contributed by atoms with Crippen molar-refractivity contribution in [3.63, 3.8) is 0 Å². The van der Waals surface area contributed by atoms with Crippen molar-refractivity contribution in [3.8, 4) is 10.7 Å². The molecule has 0 amide bonds. The van der Waals surface area contributed by atoms with Gasteiger partial charge in [-0.3, -0.25) is 0 Å². The van der Waals surface area contributed by atoms with E-state index in [0.717, 1.165) is 10.4 Å². The minimum absolute atomic E-state index is 0.552. The number of fused-ring (bicyclic) bond motifs is 1. The number of thiophene rings is 1. The molecular formula is C14H13N3O2S. The number of rotatable bonds is 3. The predicted molar refractivity (Wildman–Crippen MR) is 79.8 cm³/mol. The summed E-state index contributed by atoms with van der Waals surface area (Å²) in [6, 6.07) is 8.55. The lowest BCUT2D eigenvalue weighted by Crippen LogP contribution is -2.16. The molecule has 6 heteroatoms. The lowest BCUT2D eigenvalue weighted by molar-refractivity contribution is -0.140. The van der Waals surface area contributed by atoms with Crippen molar-refractivity contribution >= 4 is 34.0 Å². The lowest BCUT2D eigenvalue weighted by atomic mass is 10.2. The fourth-order valence-corrected chi connectivity index (χ4v) is 2.93. The molecule has 0 aliphatic carbocycles. The fourth-order valence-electron chi connectivity index (χ4n) is 2.22. The summed E-state index contributed by atoms with van der Waals surface area (Å²) in [5.41, 5.74) is 7.88. The molecule has 1 unspecified atom stereocenters. The van der Waals surface area contributed by atoms with Crippen molar-refractivity contribution in [1.82, 2.24) is 9.55 Å². The highest BCUT2D eigenvalue weighted by atomic mass is 32.1. The maximum absolute atomic E-state index is 11.4. The molecule has 20 heavy (non-hydrogen) atoms. The molecule has 0 fully saturated rings. The fraction of sp³-hybridized carbons (Fsp3) is 0.143. The number of para-hydroxylation sites is 1. The normalized spacial score (nSPS) is 12.7. The third-order valence-electron chi connectivity index (χ3n) is 3.24. The summed E-state index contributed by atoms with van der Waals surface area (Å²) in [6.45, 7) is 1.64. The number of nitrogens with two attached hydrogens (primary N) is 1. The second-order valence-electron chi connectivity index (χ2n) is 4.51.